The Balaban J connectivity index is 1.64. The van der Waals surface area contributed by atoms with Gasteiger partial charge in [0.2, 0.25) is 5.91 Å². The van der Waals surface area contributed by atoms with Gasteiger partial charge in [0.1, 0.15) is 5.54 Å². The molecule has 1 aliphatic rings. The van der Waals surface area contributed by atoms with Gasteiger partial charge in [-0.15, -0.1) is 22.7 Å². The van der Waals surface area contributed by atoms with Crippen LogP contribution < -0.4 is 5.32 Å². The van der Waals surface area contributed by atoms with Crippen molar-refractivity contribution in [1.82, 2.24) is 10.2 Å². The lowest BCUT2D eigenvalue weighted by Crippen LogP contribution is -2.48. The summed E-state index contributed by atoms with van der Waals surface area (Å²) in [5.74, 6) is -0.0495. The van der Waals surface area contributed by atoms with Crippen molar-refractivity contribution < 1.29 is 4.79 Å². The highest BCUT2D eigenvalue weighted by molar-refractivity contribution is 7.10. The molecule has 1 aliphatic carbocycles. The van der Waals surface area contributed by atoms with Crippen LogP contribution in [0, 0.1) is 11.3 Å². The third-order valence-electron chi connectivity index (χ3n) is 4.34. The van der Waals surface area contributed by atoms with Crippen LogP contribution in [0.25, 0.3) is 0 Å². The van der Waals surface area contributed by atoms with Crippen LogP contribution in [0.1, 0.15) is 35.4 Å². The highest BCUT2D eigenvalue weighted by Crippen LogP contribution is 2.28. The molecule has 2 heterocycles. The van der Waals surface area contributed by atoms with Crippen LogP contribution in [0.3, 0.4) is 0 Å². The van der Waals surface area contributed by atoms with Gasteiger partial charge in [0, 0.05) is 22.8 Å². The Labute approximate surface area is 150 Å². The fraction of sp³-hybridized carbons (Fsp3) is 0.444. The van der Waals surface area contributed by atoms with E-state index in [2.05, 4.69) is 39.2 Å². The van der Waals surface area contributed by atoms with E-state index in [0.717, 1.165) is 38.8 Å². The number of hydrogen-bond donors (Lipinski definition) is 1. The van der Waals surface area contributed by atoms with E-state index in [9.17, 15) is 10.1 Å². The minimum absolute atomic E-state index is 0.0495. The maximum Gasteiger partial charge on any atom is 0.235 e. The molecular weight excluding hydrogens is 338 g/mol. The van der Waals surface area contributed by atoms with Gasteiger partial charge in [-0.1, -0.05) is 12.1 Å². The van der Waals surface area contributed by atoms with Crippen molar-refractivity contribution in [2.75, 3.05) is 6.54 Å². The van der Waals surface area contributed by atoms with E-state index in [-0.39, 0.29) is 5.91 Å². The lowest BCUT2D eigenvalue weighted by atomic mass is 10.00. The van der Waals surface area contributed by atoms with E-state index in [0.29, 0.717) is 6.54 Å². The van der Waals surface area contributed by atoms with E-state index in [1.807, 2.05) is 12.1 Å². The molecule has 1 N–H and O–H groups in total. The summed E-state index contributed by atoms with van der Waals surface area (Å²) in [5, 5.41) is 16.6. The maximum atomic E-state index is 12.5. The standard InChI is InChI=1S/C18H21N3OS2/c19-14-18(7-1-2-8-18)20-17(22)13-21(11-15-5-3-9-23-15)12-16-6-4-10-24-16/h3-6,9-10H,1-2,7-8,11-13H2,(H,20,22). The predicted molar refractivity (Wildman–Crippen MR) is 97.7 cm³/mol. The van der Waals surface area contributed by atoms with E-state index in [1.165, 1.54) is 9.75 Å². The van der Waals surface area contributed by atoms with Gasteiger partial charge >= 0.3 is 0 Å². The molecule has 3 rings (SSSR count). The minimum Gasteiger partial charge on any atom is -0.337 e. The molecular formula is C18H21N3OS2. The highest BCUT2D eigenvalue weighted by atomic mass is 32.1. The third-order valence-corrected chi connectivity index (χ3v) is 6.06. The molecule has 0 radical (unpaired) electrons. The fourth-order valence-electron chi connectivity index (χ4n) is 3.17. The predicted octanol–water partition coefficient (Wildman–Crippen LogP) is 3.76. The summed E-state index contributed by atoms with van der Waals surface area (Å²) in [4.78, 5) is 17.2. The Kier molecular flexibility index (Phi) is 5.67. The third kappa shape index (κ3) is 4.44. The van der Waals surface area contributed by atoms with Crippen LogP contribution in [-0.4, -0.2) is 22.9 Å². The number of carbonyl (C=O) groups excluding carboxylic acids is 1. The first-order valence-corrected chi connectivity index (χ1v) is 9.94. The van der Waals surface area contributed by atoms with Crippen LogP contribution in [0.15, 0.2) is 35.0 Å². The zero-order chi connectivity index (χ0) is 16.8. The highest BCUT2D eigenvalue weighted by Gasteiger charge is 2.35. The number of hydrogen-bond acceptors (Lipinski definition) is 5. The van der Waals surface area contributed by atoms with E-state index < -0.39 is 5.54 Å². The van der Waals surface area contributed by atoms with Crippen molar-refractivity contribution in [3.05, 3.63) is 44.8 Å². The van der Waals surface area contributed by atoms with Crippen LogP contribution in [-0.2, 0) is 17.9 Å². The van der Waals surface area contributed by atoms with Gasteiger partial charge in [0.25, 0.3) is 0 Å². The normalized spacial score (nSPS) is 16.2. The maximum absolute atomic E-state index is 12.5. The second kappa shape index (κ2) is 7.93. The number of amides is 1. The number of carbonyl (C=O) groups is 1. The lowest BCUT2D eigenvalue weighted by molar-refractivity contribution is -0.123. The van der Waals surface area contributed by atoms with Crippen LogP contribution in [0.2, 0.25) is 0 Å². The summed E-state index contributed by atoms with van der Waals surface area (Å²) in [6.07, 6.45) is 3.57. The first kappa shape index (κ1) is 17.2. The molecule has 24 heavy (non-hydrogen) atoms. The summed E-state index contributed by atoms with van der Waals surface area (Å²) in [5.41, 5.74) is -0.644. The SMILES string of the molecule is N#CC1(NC(=O)CN(Cc2cccs2)Cc2cccs2)CCCC1. The van der Waals surface area contributed by atoms with Gasteiger partial charge in [0.05, 0.1) is 12.6 Å². The van der Waals surface area contributed by atoms with Crippen LogP contribution in [0.4, 0.5) is 0 Å². The number of nitrogens with one attached hydrogen (secondary N) is 1. The monoisotopic (exact) mass is 359 g/mol. The number of rotatable bonds is 7. The van der Waals surface area contributed by atoms with E-state index >= 15 is 0 Å². The first-order valence-electron chi connectivity index (χ1n) is 8.18. The zero-order valence-corrected chi connectivity index (χ0v) is 15.2. The van der Waals surface area contributed by atoms with E-state index in [4.69, 9.17) is 0 Å². The Bertz CT molecular complexity index is 646. The summed E-state index contributed by atoms with van der Waals surface area (Å²) in [6, 6.07) is 10.6. The molecule has 0 atom stereocenters. The van der Waals surface area contributed by atoms with Crippen LogP contribution >= 0.6 is 22.7 Å². The Hall–Kier alpha value is -1.68. The second-order valence-corrected chi connectivity index (χ2v) is 8.32. The Morgan fingerprint density at radius 2 is 1.75 bits per heavy atom. The lowest BCUT2D eigenvalue weighted by Gasteiger charge is -2.25. The van der Waals surface area contributed by atoms with Gasteiger partial charge in [-0.3, -0.25) is 9.69 Å². The number of nitriles is 1. The molecule has 0 spiro atoms. The van der Waals surface area contributed by atoms with Gasteiger partial charge in [-0.25, -0.2) is 0 Å². The summed E-state index contributed by atoms with van der Waals surface area (Å²) >= 11 is 3.41. The molecule has 1 saturated carbocycles. The van der Waals surface area contributed by atoms with Crippen molar-refractivity contribution in [3.8, 4) is 6.07 Å². The molecule has 2 aromatic rings. The van der Waals surface area contributed by atoms with Crippen molar-refractivity contribution in [2.24, 2.45) is 0 Å². The smallest absolute Gasteiger partial charge is 0.235 e. The second-order valence-electron chi connectivity index (χ2n) is 6.25. The topological polar surface area (TPSA) is 56.1 Å². The van der Waals surface area contributed by atoms with Crippen LogP contribution in [0.5, 0.6) is 0 Å². The molecule has 2 aromatic heterocycles. The molecule has 1 fully saturated rings. The molecule has 0 unspecified atom stereocenters. The average Bonchev–Trinajstić information content (AvgIpc) is 3.29. The Morgan fingerprint density at radius 1 is 1.17 bits per heavy atom. The summed E-state index contributed by atoms with van der Waals surface area (Å²) in [7, 11) is 0. The Morgan fingerprint density at radius 3 is 2.21 bits per heavy atom. The fourth-order valence-corrected chi connectivity index (χ4v) is 4.66. The largest absolute Gasteiger partial charge is 0.337 e. The van der Waals surface area contributed by atoms with Crippen molar-refractivity contribution in [1.29, 1.82) is 5.26 Å². The minimum atomic E-state index is -0.644. The summed E-state index contributed by atoms with van der Waals surface area (Å²) < 4.78 is 0. The molecule has 126 valence electrons. The molecule has 4 nitrogen and oxygen atoms in total. The molecule has 0 saturated heterocycles. The molecule has 6 heteroatoms. The van der Waals surface area contributed by atoms with Gasteiger partial charge in [-0.2, -0.15) is 5.26 Å². The number of thiophene rings is 2. The average molecular weight is 360 g/mol. The molecule has 1 amide bonds. The van der Waals surface area contributed by atoms with Gasteiger partial charge in [-0.05, 0) is 48.6 Å². The van der Waals surface area contributed by atoms with Crippen molar-refractivity contribution in [2.45, 2.75) is 44.3 Å². The van der Waals surface area contributed by atoms with Crippen molar-refractivity contribution >= 4 is 28.6 Å². The quantitative estimate of drug-likeness (QED) is 0.819. The molecule has 0 aromatic carbocycles. The molecule has 0 bridgehead atoms. The van der Waals surface area contributed by atoms with E-state index in [1.54, 1.807) is 22.7 Å². The van der Waals surface area contributed by atoms with Crippen molar-refractivity contribution in [3.63, 3.8) is 0 Å². The van der Waals surface area contributed by atoms with Gasteiger partial charge < -0.3 is 5.32 Å². The number of nitrogens with zero attached hydrogens (tertiary/aromatic N) is 2. The summed E-state index contributed by atoms with van der Waals surface area (Å²) in [6.45, 7) is 1.82. The zero-order valence-electron chi connectivity index (χ0n) is 13.5. The first-order chi connectivity index (χ1) is 11.7. The molecule has 0 aliphatic heterocycles. The van der Waals surface area contributed by atoms with Gasteiger partial charge in [0.15, 0.2) is 0 Å².